The highest BCUT2D eigenvalue weighted by Crippen LogP contribution is 2.38. The fourth-order valence-corrected chi connectivity index (χ4v) is 4.69. The van der Waals surface area contributed by atoms with Crippen LogP contribution in [-0.4, -0.2) is 36.0 Å². The molecule has 0 spiro atoms. The molecule has 3 atom stereocenters. The fraction of sp³-hybridized carbons (Fsp3) is 0.625. The highest BCUT2D eigenvalue weighted by Gasteiger charge is 2.37. The monoisotopic (exact) mass is 410 g/mol. The van der Waals surface area contributed by atoms with Crippen molar-refractivity contribution < 1.29 is 9.59 Å². The van der Waals surface area contributed by atoms with E-state index in [9.17, 15) is 14.9 Å². The number of para-hydroxylation sites is 1. The van der Waals surface area contributed by atoms with E-state index in [1.807, 2.05) is 31.2 Å². The third-order valence-electron chi connectivity index (χ3n) is 6.66. The van der Waals surface area contributed by atoms with Crippen molar-refractivity contribution in [2.75, 3.05) is 11.4 Å². The Morgan fingerprint density at radius 3 is 2.63 bits per heavy atom. The zero-order valence-corrected chi connectivity index (χ0v) is 18.4. The Balaban J connectivity index is 1.77. The summed E-state index contributed by atoms with van der Waals surface area (Å²) in [4.78, 5) is 27.9. The summed E-state index contributed by atoms with van der Waals surface area (Å²) in [6.45, 7) is 6.33. The van der Waals surface area contributed by atoms with E-state index in [1.54, 1.807) is 0 Å². The number of anilines is 1. The van der Waals surface area contributed by atoms with Crippen molar-refractivity contribution in [3.8, 4) is 6.07 Å². The summed E-state index contributed by atoms with van der Waals surface area (Å²) >= 11 is 0. The number of carbonyl (C=O) groups is 2. The number of amides is 2. The van der Waals surface area contributed by atoms with Crippen LogP contribution in [0, 0.1) is 11.3 Å². The molecule has 6 heteroatoms. The molecule has 1 heterocycles. The van der Waals surface area contributed by atoms with Crippen LogP contribution in [0.15, 0.2) is 24.3 Å². The smallest absolute Gasteiger partial charge is 0.240 e. The van der Waals surface area contributed by atoms with Crippen molar-refractivity contribution >= 4 is 17.5 Å². The summed E-state index contributed by atoms with van der Waals surface area (Å²) in [5, 5.41) is 15.8. The van der Waals surface area contributed by atoms with E-state index in [2.05, 4.69) is 35.5 Å². The predicted molar refractivity (Wildman–Crippen MR) is 118 cm³/mol. The normalized spacial score (nSPS) is 23.6. The number of benzene rings is 1. The van der Waals surface area contributed by atoms with Gasteiger partial charge in [-0.1, -0.05) is 44.4 Å². The molecule has 1 aliphatic heterocycles. The van der Waals surface area contributed by atoms with Gasteiger partial charge in [0.2, 0.25) is 11.8 Å². The molecule has 2 amide bonds. The topological polar surface area (TPSA) is 85.2 Å². The zero-order valence-electron chi connectivity index (χ0n) is 18.4. The van der Waals surface area contributed by atoms with E-state index in [1.165, 1.54) is 0 Å². The maximum absolute atomic E-state index is 12.9. The molecule has 1 aromatic carbocycles. The predicted octanol–water partition coefficient (Wildman–Crippen LogP) is 3.63. The maximum Gasteiger partial charge on any atom is 0.240 e. The second-order valence-electron chi connectivity index (χ2n) is 8.94. The van der Waals surface area contributed by atoms with Crippen LogP contribution in [0.1, 0.15) is 77.2 Å². The van der Waals surface area contributed by atoms with Gasteiger partial charge in [0.25, 0.3) is 0 Å². The standard InChI is InChI=1S/C24H34N4O2/c1-4-17(2)26-23(30)20-14-18(3)28(21-11-7-6-10-19(20)21)15-22(29)27-24(16-25)12-8-5-9-13-24/h6-7,10-11,17-18,20H,4-5,8-9,12-15H2,1-3H3,(H,26,30)(H,27,29)/t17-,18-,20+/m1/s1. The van der Waals surface area contributed by atoms with E-state index < -0.39 is 5.54 Å². The second kappa shape index (κ2) is 9.51. The summed E-state index contributed by atoms with van der Waals surface area (Å²) in [5.41, 5.74) is 1.18. The van der Waals surface area contributed by atoms with Crippen LogP contribution in [0.5, 0.6) is 0 Å². The van der Waals surface area contributed by atoms with Gasteiger partial charge in [-0.25, -0.2) is 0 Å². The molecule has 0 aromatic heterocycles. The molecule has 1 aliphatic carbocycles. The summed E-state index contributed by atoms with van der Waals surface area (Å²) < 4.78 is 0. The van der Waals surface area contributed by atoms with Crippen LogP contribution in [0.2, 0.25) is 0 Å². The number of nitrogens with zero attached hydrogens (tertiary/aromatic N) is 2. The molecule has 3 rings (SSSR count). The third-order valence-corrected chi connectivity index (χ3v) is 6.66. The number of nitrogens with one attached hydrogen (secondary N) is 2. The Bertz CT molecular complexity index is 810. The number of carbonyl (C=O) groups excluding carboxylic acids is 2. The van der Waals surface area contributed by atoms with E-state index in [-0.39, 0.29) is 36.4 Å². The minimum Gasteiger partial charge on any atom is -0.359 e. The van der Waals surface area contributed by atoms with Crippen molar-refractivity contribution in [3.05, 3.63) is 29.8 Å². The minimum atomic E-state index is -0.730. The number of hydrogen-bond donors (Lipinski definition) is 2. The number of hydrogen-bond acceptors (Lipinski definition) is 4. The first-order valence-corrected chi connectivity index (χ1v) is 11.3. The lowest BCUT2D eigenvalue weighted by atomic mass is 9.82. The molecule has 1 fully saturated rings. The minimum absolute atomic E-state index is 0.0442. The Kier molecular flexibility index (Phi) is 7.02. The average molecular weight is 411 g/mol. The molecule has 0 unspecified atom stereocenters. The van der Waals surface area contributed by atoms with Crippen LogP contribution in [0.4, 0.5) is 5.69 Å². The zero-order chi connectivity index (χ0) is 21.7. The Labute approximate surface area is 180 Å². The van der Waals surface area contributed by atoms with Crippen molar-refractivity contribution in [2.24, 2.45) is 0 Å². The van der Waals surface area contributed by atoms with Gasteiger partial charge >= 0.3 is 0 Å². The van der Waals surface area contributed by atoms with Crippen LogP contribution >= 0.6 is 0 Å². The van der Waals surface area contributed by atoms with Gasteiger partial charge in [-0.3, -0.25) is 9.59 Å². The van der Waals surface area contributed by atoms with E-state index in [0.717, 1.165) is 49.8 Å². The molecule has 0 radical (unpaired) electrons. The van der Waals surface area contributed by atoms with Crippen LogP contribution < -0.4 is 15.5 Å². The molecule has 1 aromatic rings. The molecule has 30 heavy (non-hydrogen) atoms. The summed E-state index contributed by atoms with van der Waals surface area (Å²) in [6.07, 6.45) is 6.07. The van der Waals surface area contributed by atoms with Gasteiger partial charge in [-0.05, 0) is 51.2 Å². The Morgan fingerprint density at radius 1 is 1.27 bits per heavy atom. The molecule has 2 N–H and O–H groups in total. The van der Waals surface area contributed by atoms with Crippen LogP contribution in [0.3, 0.4) is 0 Å². The first kappa shape index (κ1) is 22.1. The van der Waals surface area contributed by atoms with Gasteiger partial charge in [-0.15, -0.1) is 0 Å². The van der Waals surface area contributed by atoms with Gasteiger partial charge < -0.3 is 15.5 Å². The van der Waals surface area contributed by atoms with Gasteiger partial charge in [0.15, 0.2) is 0 Å². The van der Waals surface area contributed by atoms with Crippen molar-refractivity contribution in [1.82, 2.24) is 10.6 Å². The largest absolute Gasteiger partial charge is 0.359 e. The highest BCUT2D eigenvalue weighted by atomic mass is 16.2. The van der Waals surface area contributed by atoms with E-state index in [4.69, 9.17) is 0 Å². The molecular formula is C24H34N4O2. The summed E-state index contributed by atoms with van der Waals surface area (Å²) in [7, 11) is 0. The first-order chi connectivity index (χ1) is 14.4. The third kappa shape index (κ3) is 4.77. The molecule has 1 saturated carbocycles. The lowest BCUT2D eigenvalue weighted by molar-refractivity contribution is -0.123. The highest BCUT2D eigenvalue weighted by molar-refractivity contribution is 5.88. The molecular weight excluding hydrogens is 376 g/mol. The quantitative estimate of drug-likeness (QED) is 0.750. The SMILES string of the molecule is CC[C@@H](C)NC(=O)[C@H]1C[C@@H](C)N(CC(=O)NC2(C#N)CCCCC2)c2ccccc21. The lowest BCUT2D eigenvalue weighted by Crippen LogP contribution is -2.54. The molecule has 0 bridgehead atoms. The maximum atomic E-state index is 12.9. The second-order valence-corrected chi connectivity index (χ2v) is 8.94. The van der Waals surface area contributed by atoms with E-state index in [0.29, 0.717) is 6.42 Å². The molecule has 2 aliphatic rings. The molecule has 6 nitrogen and oxygen atoms in total. The van der Waals surface area contributed by atoms with Crippen LogP contribution in [-0.2, 0) is 9.59 Å². The Morgan fingerprint density at radius 2 is 1.97 bits per heavy atom. The summed E-state index contributed by atoms with van der Waals surface area (Å²) in [6, 6.07) is 10.4. The van der Waals surface area contributed by atoms with Gasteiger partial charge in [0.1, 0.15) is 5.54 Å². The van der Waals surface area contributed by atoms with Crippen molar-refractivity contribution in [3.63, 3.8) is 0 Å². The lowest BCUT2D eigenvalue weighted by Gasteiger charge is -2.41. The van der Waals surface area contributed by atoms with Gasteiger partial charge in [-0.2, -0.15) is 5.26 Å². The van der Waals surface area contributed by atoms with Gasteiger partial charge in [0.05, 0.1) is 18.5 Å². The number of nitriles is 1. The molecule has 162 valence electrons. The first-order valence-electron chi connectivity index (χ1n) is 11.3. The fourth-order valence-electron chi connectivity index (χ4n) is 4.69. The van der Waals surface area contributed by atoms with Gasteiger partial charge in [0, 0.05) is 17.8 Å². The molecule has 0 saturated heterocycles. The van der Waals surface area contributed by atoms with Crippen LogP contribution in [0.25, 0.3) is 0 Å². The average Bonchev–Trinajstić information content (AvgIpc) is 2.75. The number of rotatable bonds is 6. The Hall–Kier alpha value is -2.55. The number of fused-ring (bicyclic) bond motifs is 1. The van der Waals surface area contributed by atoms with Crippen molar-refractivity contribution in [2.45, 2.75) is 89.3 Å². The summed E-state index contributed by atoms with van der Waals surface area (Å²) in [5.74, 6) is -0.283. The van der Waals surface area contributed by atoms with E-state index >= 15 is 0 Å². The van der Waals surface area contributed by atoms with Crippen molar-refractivity contribution in [1.29, 1.82) is 5.26 Å².